The molecule has 4 nitrogen and oxygen atoms in total. The number of nitrogens with two attached hydrogens (primary N) is 2. The Balaban J connectivity index is 2.55. The Labute approximate surface area is 83.3 Å². The number of hydrogen-bond acceptors (Lipinski definition) is 3. The molecular formula is C10H15N3O. The first kappa shape index (κ1) is 10.4. The highest BCUT2D eigenvalue weighted by Gasteiger charge is 1.98. The summed E-state index contributed by atoms with van der Waals surface area (Å²) in [5.74, 6) is -0.300. The molecule has 1 amide bonds. The Morgan fingerprint density at radius 3 is 2.79 bits per heavy atom. The zero-order valence-electron chi connectivity index (χ0n) is 8.21. The van der Waals surface area contributed by atoms with Crippen LogP contribution in [0.25, 0.3) is 0 Å². The van der Waals surface area contributed by atoms with Gasteiger partial charge in [-0.1, -0.05) is 0 Å². The molecule has 0 aliphatic heterocycles. The molecule has 0 fully saturated rings. The van der Waals surface area contributed by atoms with Crippen LogP contribution in [-0.2, 0) is 4.79 Å². The first-order valence-electron chi connectivity index (χ1n) is 4.48. The molecule has 0 aliphatic carbocycles. The lowest BCUT2D eigenvalue weighted by atomic mass is 10.2. The number of hydrogen-bond donors (Lipinski definition) is 3. The molecule has 1 rings (SSSR count). The summed E-state index contributed by atoms with van der Waals surface area (Å²) in [4.78, 5) is 10.5. The van der Waals surface area contributed by atoms with Crippen LogP contribution in [0, 0.1) is 6.92 Å². The third-order valence-electron chi connectivity index (χ3n) is 1.94. The van der Waals surface area contributed by atoms with Crippen molar-refractivity contribution in [2.75, 3.05) is 17.6 Å². The number of nitrogens with one attached hydrogen (secondary N) is 1. The van der Waals surface area contributed by atoms with Gasteiger partial charge >= 0.3 is 0 Å². The predicted molar refractivity (Wildman–Crippen MR) is 57.9 cm³/mol. The van der Waals surface area contributed by atoms with Crippen molar-refractivity contribution >= 4 is 17.3 Å². The molecule has 0 aromatic heterocycles. The molecule has 0 bridgehead atoms. The van der Waals surface area contributed by atoms with Crippen LogP contribution in [0.4, 0.5) is 11.4 Å². The van der Waals surface area contributed by atoms with Crippen LogP contribution < -0.4 is 16.8 Å². The van der Waals surface area contributed by atoms with Crippen LogP contribution in [0.1, 0.15) is 12.0 Å². The molecule has 5 N–H and O–H groups in total. The van der Waals surface area contributed by atoms with E-state index in [1.54, 1.807) is 0 Å². The summed E-state index contributed by atoms with van der Waals surface area (Å²) in [5.41, 5.74) is 13.4. The Hall–Kier alpha value is -1.71. The van der Waals surface area contributed by atoms with E-state index in [1.165, 1.54) is 0 Å². The molecule has 14 heavy (non-hydrogen) atoms. The van der Waals surface area contributed by atoms with Crippen LogP contribution in [0.3, 0.4) is 0 Å². The van der Waals surface area contributed by atoms with Crippen LogP contribution in [-0.4, -0.2) is 12.5 Å². The maximum absolute atomic E-state index is 10.5. The highest BCUT2D eigenvalue weighted by molar-refractivity contribution is 5.74. The predicted octanol–water partition coefficient (Wildman–Crippen LogP) is 0.865. The molecular weight excluding hydrogens is 178 g/mol. The van der Waals surface area contributed by atoms with E-state index in [1.807, 2.05) is 25.1 Å². The van der Waals surface area contributed by atoms with Gasteiger partial charge in [-0.2, -0.15) is 0 Å². The number of carbonyl (C=O) groups excluding carboxylic acids is 1. The van der Waals surface area contributed by atoms with Crippen molar-refractivity contribution in [2.45, 2.75) is 13.3 Å². The molecule has 0 heterocycles. The second-order valence-corrected chi connectivity index (χ2v) is 3.22. The second-order valence-electron chi connectivity index (χ2n) is 3.22. The summed E-state index contributed by atoms with van der Waals surface area (Å²) in [7, 11) is 0. The fourth-order valence-corrected chi connectivity index (χ4v) is 1.21. The summed E-state index contributed by atoms with van der Waals surface area (Å²) >= 11 is 0. The van der Waals surface area contributed by atoms with E-state index < -0.39 is 0 Å². The number of anilines is 2. The summed E-state index contributed by atoms with van der Waals surface area (Å²) in [6.07, 6.45) is 0.337. The van der Waals surface area contributed by atoms with Crippen molar-refractivity contribution in [2.24, 2.45) is 5.73 Å². The van der Waals surface area contributed by atoms with Crippen molar-refractivity contribution < 1.29 is 4.79 Å². The number of rotatable bonds is 4. The molecule has 0 unspecified atom stereocenters. The Bertz CT molecular complexity index is 336. The van der Waals surface area contributed by atoms with Crippen molar-refractivity contribution in [3.8, 4) is 0 Å². The molecule has 0 radical (unpaired) electrons. The zero-order valence-corrected chi connectivity index (χ0v) is 8.21. The number of amides is 1. The van der Waals surface area contributed by atoms with Gasteiger partial charge < -0.3 is 16.8 Å². The summed E-state index contributed by atoms with van der Waals surface area (Å²) in [6, 6.07) is 5.60. The van der Waals surface area contributed by atoms with E-state index in [-0.39, 0.29) is 5.91 Å². The van der Waals surface area contributed by atoms with Gasteiger partial charge in [0.1, 0.15) is 0 Å². The standard InChI is InChI=1S/C10H15N3O/c1-7-6-8(11)2-3-9(7)13-5-4-10(12)14/h2-3,6,13H,4-5,11H2,1H3,(H2,12,14). The molecule has 0 saturated carbocycles. The molecule has 0 saturated heterocycles. The molecule has 4 heteroatoms. The lowest BCUT2D eigenvalue weighted by molar-refractivity contribution is -0.117. The Morgan fingerprint density at radius 1 is 1.50 bits per heavy atom. The van der Waals surface area contributed by atoms with E-state index in [2.05, 4.69) is 5.32 Å². The van der Waals surface area contributed by atoms with E-state index in [0.717, 1.165) is 16.9 Å². The number of primary amides is 1. The summed E-state index contributed by atoms with van der Waals surface area (Å²) < 4.78 is 0. The smallest absolute Gasteiger partial charge is 0.219 e. The van der Waals surface area contributed by atoms with Gasteiger partial charge in [0.05, 0.1) is 0 Å². The molecule has 0 aliphatic rings. The minimum absolute atomic E-state index is 0.300. The molecule has 0 spiro atoms. The third-order valence-corrected chi connectivity index (χ3v) is 1.94. The normalized spacial score (nSPS) is 9.79. The topological polar surface area (TPSA) is 81.1 Å². The molecule has 1 aromatic carbocycles. The minimum atomic E-state index is -0.300. The fourth-order valence-electron chi connectivity index (χ4n) is 1.21. The lowest BCUT2D eigenvalue weighted by Crippen LogP contribution is -2.16. The Kier molecular flexibility index (Phi) is 3.34. The molecule has 0 atom stereocenters. The maximum Gasteiger partial charge on any atom is 0.219 e. The first-order valence-corrected chi connectivity index (χ1v) is 4.48. The molecule has 76 valence electrons. The van der Waals surface area contributed by atoms with Crippen LogP contribution in [0.5, 0.6) is 0 Å². The number of aryl methyl sites for hydroxylation is 1. The molecule has 1 aromatic rings. The van der Waals surface area contributed by atoms with Crippen LogP contribution in [0.15, 0.2) is 18.2 Å². The third kappa shape index (κ3) is 2.97. The summed E-state index contributed by atoms with van der Waals surface area (Å²) in [5, 5.41) is 3.12. The van der Waals surface area contributed by atoms with E-state index in [0.29, 0.717) is 13.0 Å². The van der Waals surface area contributed by atoms with E-state index >= 15 is 0 Å². The van der Waals surface area contributed by atoms with Crippen molar-refractivity contribution in [1.29, 1.82) is 0 Å². The van der Waals surface area contributed by atoms with Gasteiger partial charge in [0.15, 0.2) is 0 Å². The highest BCUT2D eigenvalue weighted by atomic mass is 16.1. The van der Waals surface area contributed by atoms with E-state index in [4.69, 9.17) is 11.5 Å². The van der Waals surface area contributed by atoms with Gasteiger partial charge in [-0.3, -0.25) is 4.79 Å². The lowest BCUT2D eigenvalue weighted by Gasteiger charge is -2.08. The van der Waals surface area contributed by atoms with Gasteiger partial charge in [-0.15, -0.1) is 0 Å². The maximum atomic E-state index is 10.5. The van der Waals surface area contributed by atoms with Gasteiger partial charge in [0, 0.05) is 24.3 Å². The zero-order chi connectivity index (χ0) is 10.6. The number of carbonyl (C=O) groups is 1. The fraction of sp³-hybridized carbons (Fsp3) is 0.300. The number of benzene rings is 1. The monoisotopic (exact) mass is 193 g/mol. The summed E-state index contributed by atoms with van der Waals surface area (Å²) in [6.45, 7) is 2.52. The van der Waals surface area contributed by atoms with Crippen LogP contribution in [0.2, 0.25) is 0 Å². The SMILES string of the molecule is Cc1cc(N)ccc1NCCC(N)=O. The second kappa shape index (κ2) is 4.50. The average Bonchev–Trinajstić information content (AvgIpc) is 2.08. The quantitative estimate of drug-likeness (QED) is 0.620. The van der Waals surface area contributed by atoms with Crippen molar-refractivity contribution in [1.82, 2.24) is 0 Å². The van der Waals surface area contributed by atoms with Crippen molar-refractivity contribution in [3.05, 3.63) is 23.8 Å². The van der Waals surface area contributed by atoms with E-state index in [9.17, 15) is 4.79 Å². The Morgan fingerprint density at radius 2 is 2.21 bits per heavy atom. The van der Waals surface area contributed by atoms with Gasteiger partial charge in [-0.25, -0.2) is 0 Å². The van der Waals surface area contributed by atoms with Gasteiger partial charge in [0.25, 0.3) is 0 Å². The van der Waals surface area contributed by atoms with Gasteiger partial charge in [-0.05, 0) is 30.7 Å². The number of nitrogen functional groups attached to an aromatic ring is 1. The van der Waals surface area contributed by atoms with Gasteiger partial charge in [0.2, 0.25) is 5.91 Å². The first-order chi connectivity index (χ1) is 6.59. The largest absolute Gasteiger partial charge is 0.399 e. The highest BCUT2D eigenvalue weighted by Crippen LogP contribution is 2.17. The minimum Gasteiger partial charge on any atom is -0.399 e. The van der Waals surface area contributed by atoms with Crippen molar-refractivity contribution in [3.63, 3.8) is 0 Å². The van der Waals surface area contributed by atoms with Crippen LogP contribution >= 0.6 is 0 Å². The average molecular weight is 193 g/mol.